The third-order valence-corrected chi connectivity index (χ3v) is 4.02. The molecule has 1 aromatic rings. The van der Waals surface area contributed by atoms with Crippen LogP contribution in [0.5, 0.6) is 0 Å². The fraction of sp³-hybridized carbons (Fsp3) is 0.500. The van der Waals surface area contributed by atoms with Crippen molar-refractivity contribution in [2.45, 2.75) is 13.0 Å². The molecule has 1 atom stereocenters. The number of halogens is 5. The Morgan fingerprint density at radius 2 is 1.79 bits per heavy atom. The number of hydrogen-bond acceptors (Lipinski definition) is 2. The molecule has 1 aliphatic heterocycles. The summed E-state index contributed by atoms with van der Waals surface area (Å²) >= 11 is 12.0. The van der Waals surface area contributed by atoms with Crippen molar-refractivity contribution in [3.05, 3.63) is 33.6 Å². The first-order valence-electron chi connectivity index (χ1n) is 5.69. The van der Waals surface area contributed by atoms with E-state index in [0.717, 1.165) is 26.2 Å². The van der Waals surface area contributed by atoms with E-state index in [4.69, 9.17) is 23.2 Å². The van der Waals surface area contributed by atoms with Crippen LogP contribution in [0.4, 0.5) is 4.39 Å². The Labute approximate surface area is 135 Å². The SMILES string of the molecule is C[C@H](c1c(F)ccc(Cl)c1Cl)N1CCNCC1.Cl.Cl. The first-order chi connectivity index (χ1) is 8.11. The summed E-state index contributed by atoms with van der Waals surface area (Å²) in [5.41, 5.74) is 0.501. The summed E-state index contributed by atoms with van der Waals surface area (Å²) in [5, 5.41) is 4.01. The fourth-order valence-corrected chi connectivity index (χ4v) is 2.65. The van der Waals surface area contributed by atoms with Crippen LogP contribution in [-0.2, 0) is 0 Å². The van der Waals surface area contributed by atoms with Crippen molar-refractivity contribution in [1.29, 1.82) is 0 Å². The summed E-state index contributed by atoms with van der Waals surface area (Å²) in [6.07, 6.45) is 0. The Kier molecular flexibility index (Phi) is 8.60. The molecule has 0 aliphatic carbocycles. The highest BCUT2D eigenvalue weighted by Crippen LogP contribution is 2.34. The van der Waals surface area contributed by atoms with Gasteiger partial charge in [0.05, 0.1) is 10.0 Å². The monoisotopic (exact) mass is 348 g/mol. The van der Waals surface area contributed by atoms with Gasteiger partial charge in [-0.3, -0.25) is 4.90 Å². The van der Waals surface area contributed by atoms with Crippen LogP contribution in [0.1, 0.15) is 18.5 Å². The van der Waals surface area contributed by atoms with E-state index in [0.29, 0.717) is 15.6 Å². The molecule has 0 amide bonds. The van der Waals surface area contributed by atoms with Gasteiger partial charge in [0.25, 0.3) is 0 Å². The van der Waals surface area contributed by atoms with Gasteiger partial charge in [-0.05, 0) is 19.1 Å². The van der Waals surface area contributed by atoms with Crippen molar-refractivity contribution < 1.29 is 4.39 Å². The molecule has 2 nitrogen and oxygen atoms in total. The summed E-state index contributed by atoms with van der Waals surface area (Å²) in [6, 6.07) is 2.82. The molecule has 1 N–H and O–H groups in total. The second-order valence-corrected chi connectivity index (χ2v) is 5.00. The number of hydrogen-bond donors (Lipinski definition) is 1. The zero-order chi connectivity index (χ0) is 12.4. The molecule has 0 unspecified atom stereocenters. The maximum atomic E-state index is 13.9. The van der Waals surface area contributed by atoms with Crippen LogP contribution < -0.4 is 5.32 Å². The fourth-order valence-electron chi connectivity index (χ4n) is 2.18. The van der Waals surface area contributed by atoms with E-state index >= 15 is 0 Å². The summed E-state index contributed by atoms with van der Waals surface area (Å²) in [4.78, 5) is 2.21. The smallest absolute Gasteiger partial charge is 0.129 e. The Hall–Kier alpha value is 0.230. The van der Waals surface area contributed by atoms with E-state index in [1.165, 1.54) is 12.1 Å². The minimum absolute atomic E-state index is 0. The molecule has 1 aromatic carbocycles. The topological polar surface area (TPSA) is 15.3 Å². The number of nitrogens with zero attached hydrogens (tertiary/aromatic N) is 1. The Balaban J connectivity index is 0.00000162. The number of benzene rings is 1. The van der Waals surface area contributed by atoms with E-state index in [2.05, 4.69) is 10.2 Å². The van der Waals surface area contributed by atoms with E-state index < -0.39 is 0 Å². The zero-order valence-corrected chi connectivity index (χ0v) is 13.6. The molecule has 0 bridgehead atoms. The summed E-state index contributed by atoms with van der Waals surface area (Å²) in [7, 11) is 0. The van der Waals surface area contributed by atoms with Crippen molar-refractivity contribution >= 4 is 48.0 Å². The molecule has 110 valence electrons. The normalized spacial score (nSPS) is 17.3. The average Bonchev–Trinajstić information content (AvgIpc) is 2.35. The van der Waals surface area contributed by atoms with Crippen molar-refractivity contribution in [2.24, 2.45) is 0 Å². The molecule has 0 saturated carbocycles. The van der Waals surface area contributed by atoms with E-state index in [-0.39, 0.29) is 36.7 Å². The summed E-state index contributed by atoms with van der Waals surface area (Å²) in [6.45, 7) is 5.59. The van der Waals surface area contributed by atoms with E-state index in [1.807, 2.05) is 6.92 Å². The minimum Gasteiger partial charge on any atom is -0.314 e. The largest absolute Gasteiger partial charge is 0.314 e. The standard InChI is InChI=1S/C12H15Cl2FN2.2ClH/c1-8(17-6-4-16-5-7-17)11-10(15)3-2-9(13)12(11)14;;/h2-3,8,16H,4-7H2,1H3;2*1H/t8-;;/m1../s1. The average molecular weight is 350 g/mol. The number of nitrogens with one attached hydrogen (secondary N) is 1. The molecular weight excluding hydrogens is 333 g/mol. The second-order valence-electron chi connectivity index (χ2n) is 4.22. The van der Waals surface area contributed by atoms with Crippen LogP contribution >= 0.6 is 48.0 Å². The third kappa shape index (κ3) is 4.35. The maximum Gasteiger partial charge on any atom is 0.129 e. The van der Waals surface area contributed by atoms with Gasteiger partial charge in [-0.2, -0.15) is 0 Å². The molecule has 0 radical (unpaired) electrons. The molecule has 7 heteroatoms. The second kappa shape index (κ2) is 8.50. The first kappa shape index (κ1) is 19.2. The van der Waals surface area contributed by atoms with Crippen LogP contribution in [0.3, 0.4) is 0 Å². The number of rotatable bonds is 2. The molecule has 19 heavy (non-hydrogen) atoms. The van der Waals surface area contributed by atoms with E-state index in [1.54, 1.807) is 0 Å². The predicted octanol–water partition coefficient (Wildman–Crippen LogP) is 3.94. The molecule has 0 aromatic heterocycles. The van der Waals surface area contributed by atoms with Crippen molar-refractivity contribution in [1.82, 2.24) is 10.2 Å². The predicted molar refractivity (Wildman–Crippen MR) is 83.8 cm³/mol. The van der Waals surface area contributed by atoms with Gasteiger partial charge < -0.3 is 5.32 Å². The zero-order valence-electron chi connectivity index (χ0n) is 10.5. The van der Waals surface area contributed by atoms with Crippen LogP contribution in [0.2, 0.25) is 10.0 Å². The number of piperazine rings is 1. The van der Waals surface area contributed by atoms with Gasteiger partial charge in [0, 0.05) is 37.8 Å². The maximum absolute atomic E-state index is 13.9. The van der Waals surface area contributed by atoms with Crippen molar-refractivity contribution in [2.75, 3.05) is 26.2 Å². The molecule has 1 aliphatic rings. The molecular formula is C12H17Cl4FN2. The van der Waals surface area contributed by atoms with E-state index in [9.17, 15) is 4.39 Å². The minimum atomic E-state index is -0.287. The van der Waals surface area contributed by atoms with Gasteiger partial charge in [-0.1, -0.05) is 23.2 Å². The Bertz CT molecular complexity index is 411. The van der Waals surface area contributed by atoms with Gasteiger partial charge in [0.15, 0.2) is 0 Å². The first-order valence-corrected chi connectivity index (χ1v) is 6.45. The lowest BCUT2D eigenvalue weighted by Crippen LogP contribution is -2.44. The lowest BCUT2D eigenvalue weighted by Gasteiger charge is -2.33. The van der Waals surface area contributed by atoms with Gasteiger partial charge in [0.2, 0.25) is 0 Å². The molecule has 0 spiro atoms. The highest BCUT2D eigenvalue weighted by Gasteiger charge is 2.23. The molecule has 2 rings (SSSR count). The lowest BCUT2D eigenvalue weighted by molar-refractivity contribution is 0.182. The highest BCUT2D eigenvalue weighted by molar-refractivity contribution is 6.42. The van der Waals surface area contributed by atoms with Gasteiger partial charge in [-0.15, -0.1) is 24.8 Å². The van der Waals surface area contributed by atoms with Gasteiger partial charge in [-0.25, -0.2) is 4.39 Å². The van der Waals surface area contributed by atoms with Crippen LogP contribution in [0.25, 0.3) is 0 Å². The lowest BCUT2D eigenvalue weighted by atomic mass is 10.1. The van der Waals surface area contributed by atoms with Gasteiger partial charge in [0.1, 0.15) is 5.82 Å². The molecule has 1 heterocycles. The van der Waals surface area contributed by atoms with Gasteiger partial charge >= 0.3 is 0 Å². The van der Waals surface area contributed by atoms with Crippen molar-refractivity contribution in [3.8, 4) is 0 Å². The highest BCUT2D eigenvalue weighted by atomic mass is 35.5. The summed E-state index contributed by atoms with van der Waals surface area (Å²) < 4.78 is 13.9. The van der Waals surface area contributed by atoms with Crippen molar-refractivity contribution in [3.63, 3.8) is 0 Å². The van der Waals surface area contributed by atoms with Crippen LogP contribution in [0, 0.1) is 5.82 Å². The van der Waals surface area contributed by atoms with Crippen LogP contribution in [-0.4, -0.2) is 31.1 Å². The Morgan fingerprint density at radius 3 is 2.37 bits per heavy atom. The van der Waals surface area contributed by atoms with Crippen LogP contribution in [0.15, 0.2) is 12.1 Å². The summed E-state index contributed by atoms with van der Waals surface area (Å²) in [5.74, 6) is -0.287. The quantitative estimate of drug-likeness (QED) is 0.813. The molecule has 1 saturated heterocycles. The third-order valence-electron chi connectivity index (χ3n) is 3.20. The Morgan fingerprint density at radius 1 is 1.21 bits per heavy atom. The molecule has 1 fully saturated rings.